The number of aromatic nitrogens is 4. The zero-order chi connectivity index (χ0) is 17.4. The van der Waals surface area contributed by atoms with Gasteiger partial charge in [0.15, 0.2) is 10.8 Å². The first-order chi connectivity index (χ1) is 12.1. The molecule has 1 aliphatic rings. The summed E-state index contributed by atoms with van der Waals surface area (Å²) in [5.41, 5.74) is 1.56. The average Bonchev–Trinajstić information content (AvgIpc) is 3.27. The number of fused-ring (bicyclic) bond motifs is 1. The van der Waals surface area contributed by atoms with Gasteiger partial charge >= 0.3 is 5.97 Å². The van der Waals surface area contributed by atoms with Crippen molar-refractivity contribution in [2.24, 2.45) is 5.41 Å². The van der Waals surface area contributed by atoms with Gasteiger partial charge in [-0.1, -0.05) is 29.8 Å². The number of benzene rings is 1. The van der Waals surface area contributed by atoms with Crippen molar-refractivity contribution in [1.29, 1.82) is 0 Å². The van der Waals surface area contributed by atoms with Crippen LogP contribution in [0.5, 0.6) is 0 Å². The Hall–Kier alpha value is -2.18. The maximum Gasteiger partial charge on any atom is 0.338 e. The number of ether oxygens (including phenoxy) is 1. The van der Waals surface area contributed by atoms with Crippen molar-refractivity contribution >= 4 is 40.3 Å². The third-order valence-corrected chi connectivity index (χ3v) is 4.81. The van der Waals surface area contributed by atoms with Crippen molar-refractivity contribution in [3.8, 4) is 0 Å². The highest BCUT2D eigenvalue weighted by molar-refractivity contribution is 6.35. The Morgan fingerprint density at radius 3 is 2.68 bits per heavy atom. The molecule has 25 heavy (non-hydrogen) atoms. The average molecular weight is 377 g/mol. The SMILES string of the molecule is O=C(OCC1(Cn2cnc3c(Cl)nc(Cl)nc32)CC1)c1ccccc1. The zero-order valence-corrected chi connectivity index (χ0v) is 14.7. The Labute approximate surface area is 153 Å². The molecular formula is C17H14Cl2N4O2. The van der Waals surface area contributed by atoms with Crippen molar-refractivity contribution in [2.45, 2.75) is 19.4 Å². The van der Waals surface area contributed by atoms with Crippen molar-refractivity contribution in [3.05, 3.63) is 52.7 Å². The number of rotatable bonds is 5. The summed E-state index contributed by atoms with van der Waals surface area (Å²) in [6, 6.07) is 8.97. The van der Waals surface area contributed by atoms with Crippen LogP contribution in [0.1, 0.15) is 23.2 Å². The minimum absolute atomic E-state index is 0.0830. The van der Waals surface area contributed by atoms with Crippen LogP contribution < -0.4 is 0 Å². The molecule has 1 aromatic carbocycles. The second-order valence-electron chi connectivity index (χ2n) is 6.27. The maximum atomic E-state index is 12.1. The van der Waals surface area contributed by atoms with Gasteiger partial charge in [0.1, 0.15) is 5.52 Å². The largest absolute Gasteiger partial charge is 0.461 e. The van der Waals surface area contributed by atoms with E-state index < -0.39 is 0 Å². The molecule has 0 aliphatic heterocycles. The molecule has 2 heterocycles. The molecule has 6 nitrogen and oxygen atoms in total. The number of imidazole rings is 1. The van der Waals surface area contributed by atoms with Crippen LogP contribution in [-0.2, 0) is 11.3 Å². The third-order valence-electron chi connectivity index (χ3n) is 4.38. The normalized spacial score (nSPS) is 15.3. The van der Waals surface area contributed by atoms with Gasteiger partial charge < -0.3 is 9.30 Å². The molecule has 0 amide bonds. The Balaban J connectivity index is 1.48. The van der Waals surface area contributed by atoms with E-state index in [0.29, 0.717) is 29.9 Å². The smallest absolute Gasteiger partial charge is 0.338 e. The van der Waals surface area contributed by atoms with E-state index in [9.17, 15) is 4.79 Å². The summed E-state index contributed by atoms with van der Waals surface area (Å²) in [6.07, 6.45) is 3.61. The summed E-state index contributed by atoms with van der Waals surface area (Å²) < 4.78 is 7.39. The standard InChI is InChI=1S/C17H14Cl2N4O2/c18-13-12-14(22-16(19)21-13)23(10-20-12)8-17(6-7-17)9-25-15(24)11-4-2-1-3-5-11/h1-5,10H,6-9H2. The van der Waals surface area contributed by atoms with Crippen LogP contribution in [0.4, 0.5) is 0 Å². The van der Waals surface area contributed by atoms with Gasteiger partial charge in [-0.25, -0.2) is 14.8 Å². The molecule has 0 radical (unpaired) electrons. The summed E-state index contributed by atoms with van der Waals surface area (Å²) in [5.74, 6) is -0.309. The van der Waals surface area contributed by atoms with Crippen LogP contribution in [0.3, 0.4) is 0 Å². The van der Waals surface area contributed by atoms with Gasteiger partial charge in [-0.3, -0.25) is 0 Å². The summed E-state index contributed by atoms with van der Waals surface area (Å²) >= 11 is 11.9. The summed E-state index contributed by atoms with van der Waals surface area (Å²) in [6.45, 7) is 0.988. The van der Waals surface area contributed by atoms with Crippen molar-refractivity contribution in [1.82, 2.24) is 19.5 Å². The first kappa shape index (κ1) is 16.3. The molecule has 8 heteroatoms. The van der Waals surface area contributed by atoms with Gasteiger partial charge in [-0.2, -0.15) is 4.98 Å². The van der Waals surface area contributed by atoms with E-state index in [1.54, 1.807) is 18.5 Å². The van der Waals surface area contributed by atoms with Crippen LogP contribution in [0, 0.1) is 5.41 Å². The predicted molar refractivity (Wildman–Crippen MR) is 93.7 cm³/mol. The van der Waals surface area contributed by atoms with E-state index in [1.807, 2.05) is 22.8 Å². The van der Waals surface area contributed by atoms with E-state index >= 15 is 0 Å². The van der Waals surface area contributed by atoms with Crippen LogP contribution in [-0.4, -0.2) is 32.1 Å². The molecule has 3 aromatic rings. The first-order valence-corrected chi connectivity index (χ1v) is 8.58. The number of halogens is 2. The monoisotopic (exact) mass is 376 g/mol. The third kappa shape index (κ3) is 3.32. The van der Waals surface area contributed by atoms with E-state index in [4.69, 9.17) is 27.9 Å². The van der Waals surface area contributed by atoms with E-state index in [0.717, 1.165) is 12.8 Å². The fourth-order valence-electron chi connectivity index (χ4n) is 2.76. The van der Waals surface area contributed by atoms with Gasteiger partial charge in [0.2, 0.25) is 5.28 Å². The second kappa shape index (κ2) is 6.28. The van der Waals surface area contributed by atoms with Crippen molar-refractivity contribution in [3.63, 3.8) is 0 Å². The maximum absolute atomic E-state index is 12.1. The summed E-state index contributed by atoms with van der Waals surface area (Å²) in [7, 11) is 0. The van der Waals surface area contributed by atoms with Crippen LogP contribution in [0.2, 0.25) is 10.4 Å². The number of hydrogen-bond acceptors (Lipinski definition) is 5. The number of nitrogens with zero attached hydrogens (tertiary/aromatic N) is 4. The van der Waals surface area contributed by atoms with Gasteiger partial charge in [-0.15, -0.1) is 0 Å². The van der Waals surface area contributed by atoms with E-state index in [-0.39, 0.29) is 21.8 Å². The number of carbonyl (C=O) groups is 1. The predicted octanol–water partition coefficient (Wildman–Crippen LogP) is 3.77. The molecule has 1 fully saturated rings. The van der Waals surface area contributed by atoms with Crippen molar-refractivity contribution in [2.75, 3.05) is 6.61 Å². The lowest BCUT2D eigenvalue weighted by Gasteiger charge is -2.16. The van der Waals surface area contributed by atoms with Gasteiger partial charge in [0.05, 0.1) is 18.5 Å². The van der Waals surface area contributed by atoms with Crippen molar-refractivity contribution < 1.29 is 9.53 Å². The minimum Gasteiger partial charge on any atom is -0.461 e. The molecule has 0 unspecified atom stereocenters. The van der Waals surface area contributed by atoms with Gasteiger partial charge in [0, 0.05) is 12.0 Å². The highest BCUT2D eigenvalue weighted by Gasteiger charge is 2.44. The molecule has 0 atom stereocenters. The molecule has 128 valence electrons. The second-order valence-corrected chi connectivity index (χ2v) is 6.97. The lowest BCUT2D eigenvalue weighted by Crippen LogP contribution is -2.20. The van der Waals surface area contributed by atoms with Gasteiger partial charge in [-0.05, 0) is 36.6 Å². The highest BCUT2D eigenvalue weighted by atomic mass is 35.5. The lowest BCUT2D eigenvalue weighted by atomic mass is 10.1. The van der Waals surface area contributed by atoms with Crippen LogP contribution in [0.15, 0.2) is 36.7 Å². The molecule has 0 bridgehead atoms. The Bertz CT molecular complexity index is 938. The topological polar surface area (TPSA) is 69.9 Å². The molecule has 1 saturated carbocycles. The van der Waals surface area contributed by atoms with E-state index in [2.05, 4.69) is 15.0 Å². The van der Waals surface area contributed by atoms with E-state index in [1.165, 1.54) is 0 Å². The van der Waals surface area contributed by atoms with Crippen LogP contribution >= 0.6 is 23.2 Å². The molecule has 0 spiro atoms. The Morgan fingerprint density at radius 1 is 1.20 bits per heavy atom. The van der Waals surface area contributed by atoms with Crippen LogP contribution in [0.25, 0.3) is 11.2 Å². The molecule has 1 aliphatic carbocycles. The molecule has 2 aromatic heterocycles. The fraction of sp³-hybridized carbons (Fsp3) is 0.294. The molecular weight excluding hydrogens is 363 g/mol. The molecule has 0 saturated heterocycles. The first-order valence-electron chi connectivity index (χ1n) is 7.82. The number of carbonyl (C=O) groups excluding carboxylic acids is 1. The Morgan fingerprint density at radius 2 is 1.96 bits per heavy atom. The highest BCUT2D eigenvalue weighted by Crippen LogP contribution is 2.48. The lowest BCUT2D eigenvalue weighted by molar-refractivity contribution is 0.0401. The molecule has 4 rings (SSSR count). The quantitative estimate of drug-likeness (QED) is 0.385. The summed E-state index contributed by atoms with van der Waals surface area (Å²) in [5, 5.41) is 0.314. The molecule has 0 N–H and O–H groups in total. The van der Waals surface area contributed by atoms with Gasteiger partial charge in [0.25, 0.3) is 0 Å². The Kier molecular flexibility index (Phi) is 4.09. The zero-order valence-electron chi connectivity index (χ0n) is 13.2. The number of hydrogen-bond donors (Lipinski definition) is 0. The minimum atomic E-state index is -0.309. The number of esters is 1. The summed E-state index contributed by atoms with van der Waals surface area (Å²) in [4.78, 5) is 24.5. The fourth-order valence-corrected chi connectivity index (χ4v) is 3.18.